The number of pyridine rings is 3. The fourth-order valence-corrected chi connectivity index (χ4v) is 7.11. The standard InChI is InChI=1S/C18H20N6OS.C15H19N5S/c19-15-14-13(4-7-22-18(14)26-16(15)17(20)25)24-9-1-8-23(10-11-24)12-2-5-21-6-3-12;1-12(14(11-16)15(17)21)19-7-2-8-20(10-9-19)13-3-5-18-6-4-13/h2-7H,1,8-11,19H2,(H2,20,25);3-6H,2,7-10H2,1H3,(H2,17,21)/b;14-12-. The third-order valence-electron chi connectivity index (χ3n) is 8.41. The molecule has 0 saturated carbocycles. The molecule has 0 aliphatic carbocycles. The Bertz CT molecular complexity index is 1770. The molecule has 4 aromatic rings. The summed E-state index contributed by atoms with van der Waals surface area (Å²) in [5.41, 5.74) is 22.4. The average Bonchev–Trinajstić information content (AvgIpc) is 3.27. The molecule has 0 bridgehead atoms. The first kappa shape index (κ1) is 33.4. The zero-order valence-corrected chi connectivity index (χ0v) is 28.0. The Balaban J connectivity index is 0.000000189. The number of primary amides is 1. The third-order valence-corrected chi connectivity index (χ3v) is 9.75. The van der Waals surface area contributed by atoms with Crippen LogP contribution in [0.3, 0.4) is 0 Å². The molecule has 1 amide bonds. The van der Waals surface area contributed by atoms with Crippen LogP contribution in [0.1, 0.15) is 29.4 Å². The van der Waals surface area contributed by atoms with Gasteiger partial charge in [-0.3, -0.25) is 14.8 Å². The summed E-state index contributed by atoms with van der Waals surface area (Å²) in [6, 6.07) is 12.2. The molecule has 14 heteroatoms. The second kappa shape index (κ2) is 15.5. The number of hydrogen-bond donors (Lipinski definition) is 3. The lowest BCUT2D eigenvalue weighted by atomic mass is 10.2. The highest BCUT2D eigenvalue weighted by atomic mass is 32.1. The van der Waals surface area contributed by atoms with E-state index in [9.17, 15) is 10.1 Å². The number of thiophene rings is 1. The maximum Gasteiger partial charge on any atom is 0.260 e. The molecule has 2 aliphatic heterocycles. The molecule has 47 heavy (non-hydrogen) atoms. The SMILES string of the molecule is C/C(=C(\C#N)C(N)=S)N1CCCN(c2ccncc2)CC1.NC(=O)c1sc2nccc(N3CCCN(c4ccncc4)CC3)c2c1N. The number of hydrogen-bond acceptors (Lipinski definition) is 12. The van der Waals surface area contributed by atoms with Crippen LogP contribution in [0.5, 0.6) is 0 Å². The number of nitrogens with zero attached hydrogens (tertiary/aromatic N) is 8. The van der Waals surface area contributed by atoms with Crippen LogP contribution in [0.25, 0.3) is 10.2 Å². The van der Waals surface area contributed by atoms with Gasteiger partial charge in [0.25, 0.3) is 5.91 Å². The highest BCUT2D eigenvalue weighted by Crippen LogP contribution is 2.38. The maximum absolute atomic E-state index is 11.6. The average molecular weight is 670 g/mol. The van der Waals surface area contributed by atoms with Crippen LogP contribution in [0.2, 0.25) is 0 Å². The van der Waals surface area contributed by atoms with Crippen molar-refractivity contribution < 1.29 is 4.79 Å². The number of fused-ring (bicyclic) bond motifs is 1. The summed E-state index contributed by atoms with van der Waals surface area (Å²) in [5.74, 6) is -0.504. The highest BCUT2D eigenvalue weighted by molar-refractivity contribution is 7.80. The largest absolute Gasteiger partial charge is 0.397 e. The van der Waals surface area contributed by atoms with Crippen molar-refractivity contribution in [2.24, 2.45) is 11.5 Å². The Hall–Kier alpha value is -5.00. The normalized spacial score (nSPS) is 15.9. The number of aromatic nitrogens is 3. The van der Waals surface area contributed by atoms with E-state index < -0.39 is 5.91 Å². The molecule has 4 aromatic heterocycles. The lowest BCUT2D eigenvalue weighted by molar-refractivity contribution is 0.100. The van der Waals surface area contributed by atoms with Crippen molar-refractivity contribution in [1.29, 1.82) is 5.26 Å². The maximum atomic E-state index is 11.6. The Morgan fingerprint density at radius 3 is 1.96 bits per heavy atom. The van der Waals surface area contributed by atoms with E-state index in [4.69, 9.17) is 29.4 Å². The van der Waals surface area contributed by atoms with Gasteiger partial charge in [-0.25, -0.2) is 4.98 Å². The van der Waals surface area contributed by atoms with Crippen LogP contribution in [0.15, 0.2) is 72.6 Å². The van der Waals surface area contributed by atoms with Crippen LogP contribution in [-0.4, -0.2) is 83.1 Å². The molecular weight excluding hydrogens is 631 g/mol. The predicted octanol–water partition coefficient (Wildman–Crippen LogP) is 3.77. The summed E-state index contributed by atoms with van der Waals surface area (Å²) in [5, 5.41) is 10.0. The van der Waals surface area contributed by atoms with Gasteiger partial charge in [0.2, 0.25) is 0 Å². The van der Waals surface area contributed by atoms with Gasteiger partial charge in [-0.05, 0) is 50.1 Å². The van der Waals surface area contributed by atoms with Gasteiger partial charge in [-0.15, -0.1) is 11.3 Å². The molecule has 6 rings (SSSR count). The number of nitriles is 1. The third kappa shape index (κ3) is 7.87. The van der Waals surface area contributed by atoms with E-state index in [2.05, 4.69) is 40.6 Å². The molecule has 0 spiro atoms. The fraction of sp³-hybridized carbons (Fsp3) is 0.333. The van der Waals surface area contributed by atoms with E-state index in [1.54, 1.807) is 6.20 Å². The van der Waals surface area contributed by atoms with Gasteiger partial charge in [-0.1, -0.05) is 12.2 Å². The Morgan fingerprint density at radius 1 is 0.830 bits per heavy atom. The number of anilines is 4. The van der Waals surface area contributed by atoms with Crippen molar-refractivity contribution in [3.05, 3.63) is 77.5 Å². The van der Waals surface area contributed by atoms with E-state index in [1.807, 2.05) is 62.0 Å². The summed E-state index contributed by atoms with van der Waals surface area (Å²) in [7, 11) is 0. The first-order chi connectivity index (χ1) is 22.8. The summed E-state index contributed by atoms with van der Waals surface area (Å²) < 4.78 is 0. The number of nitrogen functional groups attached to an aromatic ring is 1. The van der Waals surface area contributed by atoms with Crippen molar-refractivity contribution in [1.82, 2.24) is 19.9 Å². The van der Waals surface area contributed by atoms with Gasteiger partial charge in [0.05, 0.1) is 16.8 Å². The molecule has 0 radical (unpaired) electrons. The quantitative estimate of drug-likeness (QED) is 0.155. The van der Waals surface area contributed by atoms with Crippen molar-refractivity contribution in [2.45, 2.75) is 19.8 Å². The molecule has 0 aromatic carbocycles. The van der Waals surface area contributed by atoms with Gasteiger partial charge < -0.3 is 36.8 Å². The second-order valence-corrected chi connectivity index (χ2v) is 12.7. The van der Waals surface area contributed by atoms with E-state index in [0.717, 1.165) is 86.8 Å². The van der Waals surface area contributed by atoms with Gasteiger partial charge in [-0.2, -0.15) is 5.26 Å². The van der Waals surface area contributed by atoms with Crippen LogP contribution in [0.4, 0.5) is 22.7 Å². The highest BCUT2D eigenvalue weighted by Gasteiger charge is 2.23. The van der Waals surface area contributed by atoms with E-state index in [-0.39, 0.29) is 4.99 Å². The Kier molecular flexibility index (Phi) is 11.0. The van der Waals surface area contributed by atoms with Crippen molar-refractivity contribution in [3.63, 3.8) is 0 Å². The Morgan fingerprint density at radius 2 is 1.38 bits per heavy atom. The van der Waals surface area contributed by atoms with E-state index in [1.165, 1.54) is 22.7 Å². The van der Waals surface area contributed by atoms with Gasteiger partial charge in [0.15, 0.2) is 0 Å². The van der Waals surface area contributed by atoms with Gasteiger partial charge in [0.1, 0.15) is 26.3 Å². The first-order valence-corrected chi connectivity index (χ1v) is 16.7. The minimum absolute atomic E-state index is 0.172. The van der Waals surface area contributed by atoms with Crippen molar-refractivity contribution in [3.8, 4) is 6.07 Å². The molecule has 12 nitrogen and oxygen atoms in total. The molecule has 6 N–H and O–H groups in total. The zero-order chi connectivity index (χ0) is 33.3. The lowest BCUT2D eigenvalue weighted by Gasteiger charge is -2.25. The predicted molar refractivity (Wildman–Crippen MR) is 194 cm³/mol. The molecule has 2 fully saturated rings. The smallest absolute Gasteiger partial charge is 0.260 e. The number of amides is 1. The molecule has 244 valence electrons. The number of carbonyl (C=O) groups is 1. The number of thiocarbonyl (C=S) groups is 1. The first-order valence-electron chi connectivity index (χ1n) is 15.5. The fourth-order valence-electron chi connectivity index (χ4n) is 5.99. The molecule has 2 saturated heterocycles. The minimum Gasteiger partial charge on any atom is -0.397 e. The number of allylic oxidation sites excluding steroid dienone is 1. The molecule has 0 unspecified atom stereocenters. The van der Waals surface area contributed by atoms with Crippen molar-refractivity contribution in [2.75, 3.05) is 72.8 Å². The van der Waals surface area contributed by atoms with Crippen LogP contribution in [-0.2, 0) is 0 Å². The van der Waals surface area contributed by atoms with Crippen molar-refractivity contribution >= 4 is 67.4 Å². The Labute approximate surface area is 284 Å². The molecular formula is C33H39N11OS2. The van der Waals surface area contributed by atoms with Crippen LogP contribution in [0, 0.1) is 11.3 Å². The van der Waals surface area contributed by atoms with Crippen LogP contribution < -0.4 is 31.9 Å². The molecule has 6 heterocycles. The minimum atomic E-state index is -0.504. The number of nitrogens with two attached hydrogens (primary N) is 3. The van der Waals surface area contributed by atoms with Gasteiger partial charge in [0, 0.05) is 100 Å². The van der Waals surface area contributed by atoms with Crippen LogP contribution >= 0.6 is 23.6 Å². The summed E-state index contributed by atoms with van der Waals surface area (Å²) in [4.78, 5) is 34.7. The number of carbonyl (C=O) groups excluding carboxylic acids is 1. The van der Waals surface area contributed by atoms with E-state index >= 15 is 0 Å². The summed E-state index contributed by atoms with van der Waals surface area (Å²) in [6.45, 7) is 9.23. The zero-order valence-electron chi connectivity index (χ0n) is 26.4. The van der Waals surface area contributed by atoms with Gasteiger partial charge >= 0.3 is 0 Å². The number of rotatable bonds is 6. The summed E-state index contributed by atoms with van der Waals surface area (Å²) in [6.07, 6.45) is 11.1. The monoisotopic (exact) mass is 669 g/mol. The summed E-state index contributed by atoms with van der Waals surface area (Å²) >= 11 is 6.21. The van der Waals surface area contributed by atoms with E-state index in [0.29, 0.717) is 16.1 Å². The second-order valence-electron chi connectivity index (χ2n) is 11.2. The molecule has 0 atom stereocenters. The lowest BCUT2D eigenvalue weighted by Crippen LogP contribution is -2.31. The topological polar surface area (TPSA) is 171 Å². The molecule has 2 aliphatic rings.